The first kappa shape index (κ1) is 15.0. The summed E-state index contributed by atoms with van der Waals surface area (Å²) in [6, 6.07) is 3.54. The molecule has 0 unspecified atom stereocenters. The van der Waals surface area contributed by atoms with E-state index in [-0.39, 0.29) is 0 Å². The van der Waals surface area contributed by atoms with Crippen LogP contribution < -0.4 is 14.8 Å². The zero-order valence-electron chi connectivity index (χ0n) is 12.5. The molecule has 0 saturated carbocycles. The van der Waals surface area contributed by atoms with Gasteiger partial charge in [-0.15, -0.1) is 0 Å². The summed E-state index contributed by atoms with van der Waals surface area (Å²) in [6.45, 7) is 1.42. The van der Waals surface area contributed by atoms with Crippen molar-refractivity contribution in [3.8, 4) is 11.5 Å². The van der Waals surface area contributed by atoms with E-state index in [1.807, 2.05) is 0 Å². The number of aromatic nitrogens is 2. The average Bonchev–Trinajstić information content (AvgIpc) is 2.54. The number of methoxy groups -OCH3 is 2. The summed E-state index contributed by atoms with van der Waals surface area (Å²) in [4.78, 5) is 8.43. The average molecular weight is 322 g/mol. The first-order chi connectivity index (χ1) is 10.6. The highest BCUT2D eigenvalue weighted by Crippen LogP contribution is 2.34. The van der Waals surface area contributed by atoms with Crippen LogP contribution in [0.2, 0.25) is 0 Å². The van der Waals surface area contributed by atoms with Crippen LogP contribution in [-0.4, -0.2) is 53.0 Å². The number of nitrogens with one attached hydrogen (secondary N) is 1. The third-order valence-electron chi connectivity index (χ3n) is 3.57. The Labute approximate surface area is 129 Å². The van der Waals surface area contributed by atoms with E-state index in [0.717, 1.165) is 0 Å². The van der Waals surface area contributed by atoms with Gasteiger partial charge >= 0.3 is 0 Å². The SMILES string of the molecule is COc1cc2ncnc(N=S3(=O)CCNCC3)c2cc1OC. The van der Waals surface area contributed by atoms with Crippen molar-refractivity contribution in [1.29, 1.82) is 0 Å². The van der Waals surface area contributed by atoms with E-state index in [1.54, 1.807) is 26.4 Å². The first-order valence-corrected chi connectivity index (χ1v) is 8.80. The van der Waals surface area contributed by atoms with Gasteiger partial charge in [0, 0.05) is 36.0 Å². The van der Waals surface area contributed by atoms with E-state index in [9.17, 15) is 4.21 Å². The Balaban J connectivity index is 2.18. The number of ether oxygens (including phenoxy) is 2. The van der Waals surface area contributed by atoms with Crippen molar-refractivity contribution in [2.24, 2.45) is 4.36 Å². The van der Waals surface area contributed by atoms with Crippen LogP contribution in [0.4, 0.5) is 5.82 Å². The maximum atomic E-state index is 12.8. The summed E-state index contributed by atoms with van der Waals surface area (Å²) in [5, 5.41) is 3.90. The summed E-state index contributed by atoms with van der Waals surface area (Å²) >= 11 is 0. The van der Waals surface area contributed by atoms with Crippen LogP contribution >= 0.6 is 0 Å². The standard InChI is InChI=1S/C14H18N4O3S/c1-20-12-7-10-11(8-13(12)21-2)16-9-17-14(10)18-22(19)5-3-15-4-6-22/h7-9,15H,3-6H2,1-2H3. The number of hydrogen-bond donors (Lipinski definition) is 1. The molecule has 7 nitrogen and oxygen atoms in total. The van der Waals surface area contributed by atoms with E-state index in [4.69, 9.17) is 9.47 Å². The van der Waals surface area contributed by atoms with Crippen LogP contribution in [0.1, 0.15) is 0 Å². The lowest BCUT2D eigenvalue weighted by Gasteiger charge is -2.16. The highest BCUT2D eigenvalue weighted by Gasteiger charge is 2.16. The molecular weight excluding hydrogens is 304 g/mol. The van der Waals surface area contributed by atoms with Crippen LogP contribution in [-0.2, 0) is 9.73 Å². The van der Waals surface area contributed by atoms with Gasteiger partial charge in [0.2, 0.25) is 0 Å². The molecule has 3 rings (SSSR count). The van der Waals surface area contributed by atoms with Crippen LogP contribution in [0.3, 0.4) is 0 Å². The molecule has 8 heteroatoms. The molecule has 1 fully saturated rings. The van der Waals surface area contributed by atoms with Crippen molar-refractivity contribution >= 4 is 26.4 Å². The Bertz CT molecular complexity index is 803. The molecule has 0 aliphatic carbocycles. The molecule has 2 aromatic rings. The molecule has 0 atom stereocenters. The van der Waals surface area contributed by atoms with Crippen molar-refractivity contribution in [1.82, 2.24) is 15.3 Å². The fourth-order valence-electron chi connectivity index (χ4n) is 2.38. The Morgan fingerprint density at radius 1 is 1.14 bits per heavy atom. The molecule has 0 spiro atoms. The second-order valence-corrected chi connectivity index (χ2v) is 7.49. The van der Waals surface area contributed by atoms with Crippen molar-refractivity contribution in [2.45, 2.75) is 0 Å². The number of rotatable bonds is 3. The fraction of sp³-hybridized carbons (Fsp3) is 0.429. The van der Waals surface area contributed by atoms with Gasteiger partial charge in [-0.05, 0) is 6.07 Å². The van der Waals surface area contributed by atoms with E-state index in [1.165, 1.54) is 6.33 Å². The summed E-state index contributed by atoms with van der Waals surface area (Å²) in [5.41, 5.74) is 0.684. The van der Waals surface area contributed by atoms with Gasteiger partial charge in [0.1, 0.15) is 6.33 Å². The van der Waals surface area contributed by atoms with E-state index in [2.05, 4.69) is 19.6 Å². The molecule has 2 heterocycles. The minimum Gasteiger partial charge on any atom is -0.493 e. The quantitative estimate of drug-likeness (QED) is 0.918. The predicted molar refractivity (Wildman–Crippen MR) is 85.5 cm³/mol. The zero-order chi connectivity index (χ0) is 15.6. The van der Waals surface area contributed by atoms with Crippen molar-refractivity contribution in [3.63, 3.8) is 0 Å². The molecule has 22 heavy (non-hydrogen) atoms. The third-order valence-corrected chi connectivity index (χ3v) is 5.76. The predicted octanol–water partition coefficient (Wildman–Crippen LogP) is 1.35. The van der Waals surface area contributed by atoms with Gasteiger partial charge in [-0.2, -0.15) is 4.36 Å². The molecule has 1 aromatic heterocycles. The van der Waals surface area contributed by atoms with Crippen molar-refractivity contribution < 1.29 is 13.7 Å². The summed E-state index contributed by atoms with van der Waals surface area (Å²) in [6.07, 6.45) is 1.43. The van der Waals surface area contributed by atoms with Gasteiger partial charge in [0.15, 0.2) is 17.3 Å². The second-order valence-electron chi connectivity index (χ2n) is 4.94. The second kappa shape index (κ2) is 6.05. The Kier molecular flexibility index (Phi) is 4.12. The Hall–Kier alpha value is -1.93. The van der Waals surface area contributed by atoms with Gasteiger partial charge in [0.05, 0.1) is 29.5 Å². The number of nitrogens with zero attached hydrogens (tertiary/aromatic N) is 3. The summed E-state index contributed by atoms with van der Waals surface area (Å²) < 4.78 is 27.8. The minimum atomic E-state index is -2.27. The number of benzene rings is 1. The first-order valence-electron chi connectivity index (χ1n) is 6.95. The lowest BCUT2D eigenvalue weighted by Crippen LogP contribution is -2.35. The van der Waals surface area contributed by atoms with Gasteiger partial charge in [-0.25, -0.2) is 14.2 Å². The van der Waals surface area contributed by atoms with E-state index >= 15 is 0 Å². The monoisotopic (exact) mass is 322 g/mol. The zero-order valence-corrected chi connectivity index (χ0v) is 13.4. The molecule has 118 valence electrons. The van der Waals surface area contributed by atoms with Gasteiger partial charge in [0.25, 0.3) is 0 Å². The normalized spacial score (nSPS) is 17.2. The van der Waals surface area contributed by atoms with Crippen LogP contribution in [0.15, 0.2) is 22.8 Å². The minimum absolute atomic E-state index is 0.442. The van der Waals surface area contributed by atoms with E-state index in [0.29, 0.717) is 52.8 Å². The Morgan fingerprint density at radius 2 is 1.82 bits per heavy atom. The fourth-order valence-corrected chi connectivity index (χ4v) is 4.16. The van der Waals surface area contributed by atoms with Crippen LogP contribution in [0, 0.1) is 0 Å². The molecule has 1 N–H and O–H groups in total. The largest absolute Gasteiger partial charge is 0.493 e. The number of fused-ring (bicyclic) bond motifs is 1. The smallest absolute Gasteiger partial charge is 0.172 e. The molecule has 0 bridgehead atoms. The molecule has 1 aliphatic rings. The molecule has 1 aromatic carbocycles. The Morgan fingerprint density at radius 3 is 2.50 bits per heavy atom. The molecule has 1 aliphatic heterocycles. The van der Waals surface area contributed by atoms with E-state index < -0.39 is 9.73 Å². The lowest BCUT2D eigenvalue weighted by atomic mass is 10.2. The van der Waals surface area contributed by atoms with Crippen LogP contribution in [0.5, 0.6) is 11.5 Å². The van der Waals surface area contributed by atoms with Gasteiger partial charge < -0.3 is 14.8 Å². The summed E-state index contributed by atoms with van der Waals surface area (Å²) in [5.74, 6) is 2.67. The van der Waals surface area contributed by atoms with Crippen LogP contribution in [0.25, 0.3) is 10.9 Å². The molecule has 0 amide bonds. The van der Waals surface area contributed by atoms with Crippen molar-refractivity contribution in [2.75, 3.05) is 38.8 Å². The molecular formula is C14H18N4O3S. The topological polar surface area (TPSA) is 85.7 Å². The molecule has 0 radical (unpaired) electrons. The maximum absolute atomic E-state index is 12.8. The molecule has 1 saturated heterocycles. The van der Waals surface area contributed by atoms with Gasteiger partial charge in [-0.3, -0.25) is 0 Å². The summed E-state index contributed by atoms with van der Waals surface area (Å²) in [7, 11) is 0.868. The maximum Gasteiger partial charge on any atom is 0.172 e. The lowest BCUT2D eigenvalue weighted by molar-refractivity contribution is 0.356. The third kappa shape index (κ3) is 2.84. The number of hydrogen-bond acceptors (Lipinski definition) is 7. The highest BCUT2D eigenvalue weighted by molar-refractivity contribution is 7.93. The van der Waals surface area contributed by atoms with Crippen molar-refractivity contribution in [3.05, 3.63) is 18.5 Å². The van der Waals surface area contributed by atoms with Gasteiger partial charge in [-0.1, -0.05) is 0 Å². The highest BCUT2D eigenvalue weighted by atomic mass is 32.2.